The van der Waals surface area contributed by atoms with Crippen molar-refractivity contribution >= 4 is 17.6 Å². The lowest BCUT2D eigenvalue weighted by atomic mass is 9.95. The third-order valence-electron chi connectivity index (χ3n) is 7.17. The zero-order valence-corrected chi connectivity index (χ0v) is 22.5. The summed E-state index contributed by atoms with van der Waals surface area (Å²) in [6, 6.07) is 11.8. The summed E-state index contributed by atoms with van der Waals surface area (Å²) in [6.45, 7) is 2.48. The summed E-state index contributed by atoms with van der Waals surface area (Å²) in [7, 11) is 3.39. The number of hydrogen-bond donors (Lipinski definition) is 1. The van der Waals surface area contributed by atoms with Crippen LogP contribution in [0.3, 0.4) is 0 Å². The first-order chi connectivity index (χ1) is 18.5. The van der Waals surface area contributed by atoms with Gasteiger partial charge >= 0.3 is 12.2 Å². The number of nitrogens with one attached hydrogen (secondary N) is 1. The first-order valence-corrected chi connectivity index (χ1v) is 13.1. The van der Waals surface area contributed by atoms with Crippen LogP contribution in [0, 0.1) is 5.92 Å². The number of hydrogen-bond acceptors (Lipinski definition) is 5. The standard InChI is InChI=1S/C28H35F3N4O4/c1-19(35(18-28(29,30)31)16-20-9-11-34(12-10-20)27(37)33(2)3)13-21-5-4-6-24(14-21)32-26(36)22-7-8-25-23(15-22)17-38-39-25/h4-8,14-15,19-20H,9-13,16-18H2,1-3H3,(H,32,36). The Balaban J connectivity index is 1.37. The second-order valence-electron chi connectivity index (χ2n) is 10.5. The van der Waals surface area contributed by atoms with Crippen molar-refractivity contribution in [2.75, 3.05) is 45.6 Å². The van der Waals surface area contributed by atoms with Gasteiger partial charge in [-0.1, -0.05) is 12.1 Å². The molecule has 212 valence electrons. The van der Waals surface area contributed by atoms with Crippen LogP contribution < -0.4 is 10.2 Å². The fourth-order valence-corrected chi connectivity index (χ4v) is 5.07. The Kier molecular flexibility index (Phi) is 9.01. The van der Waals surface area contributed by atoms with Crippen molar-refractivity contribution in [3.05, 3.63) is 59.2 Å². The molecule has 2 aromatic carbocycles. The summed E-state index contributed by atoms with van der Waals surface area (Å²) in [6.07, 6.45) is -2.59. The van der Waals surface area contributed by atoms with Crippen LogP contribution in [-0.2, 0) is 17.9 Å². The van der Waals surface area contributed by atoms with Crippen LogP contribution >= 0.6 is 0 Å². The van der Waals surface area contributed by atoms with E-state index in [-0.39, 0.29) is 30.5 Å². The maximum Gasteiger partial charge on any atom is 0.401 e. The number of nitrogens with zero attached hydrogens (tertiary/aromatic N) is 3. The molecule has 0 aliphatic carbocycles. The molecule has 0 radical (unpaired) electrons. The molecule has 2 aromatic rings. The molecule has 3 amide bonds. The van der Waals surface area contributed by atoms with Crippen molar-refractivity contribution in [3.63, 3.8) is 0 Å². The van der Waals surface area contributed by atoms with Gasteiger partial charge in [0, 0.05) is 56.6 Å². The SMILES string of the molecule is CC(Cc1cccc(NC(=O)c2ccc3c(c2)COO3)c1)N(CC1CCN(C(=O)N(C)C)CC1)CC(F)(F)F. The van der Waals surface area contributed by atoms with Gasteiger partial charge in [-0.25, -0.2) is 4.79 Å². The van der Waals surface area contributed by atoms with E-state index in [1.165, 1.54) is 9.80 Å². The number of carbonyl (C=O) groups is 2. The van der Waals surface area contributed by atoms with Crippen LogP contribution in [0.5, 0.6) is 5.75 Å². The quantitative estimate of drug-likeness (QED) is 0.473. The van der Waals surface area contributed by atoms with Gasteiger partial charge in [0.15, 0.2) is 5.75 Å². The molecule has 0 aromatic heterocycles. The zero-order valence-electron chi connectivity index (χ0n) is 22.5. The van der Waals surface area contributed by atoms with Gasteiger partial charge in [0.05, 0.1) is 6.54 Å². The molecule has 1 atom stereocenters. The number of halogens is 3. The van der Waals surface area contributed by atoms with Gasteiger partial charge in [0.2, 0.25) is 0 Å². The van der Waals surface area contributed by atoms with Crippen molar-refractivity contribution < 1.29 is 32.5 Å². The van der Waals surface area contributed by atoms with Gasteiger partial charge in [-0.15, -0.1) is 0 Å². The lowest BCUT2D eigenvalue weighted by molar-refractivity contribution is -0.194. The summed E-state index contributed by atoms with van der Waals surface area (Å²) in [4.78, 5) is 39.7. The number of amides is 3. The highest BCUT2D eigenvalue weighted by Gasteiger charge is 2.35. The molecule has 11 heteroatoms. The maximum atomic E-state index is 13.5. The first-order valence-electron chi connectivity index (χ1n) is 13.1. The number of likely N-dealkylation sites (tertiary alicyclic amines) is 1. The number of anilines is 1. The highest BCUT2D eigenvalue weighted by molar-refractivity contribution is 6.04. The Morgan fingerprint density at radius 2 is 1.87 bits per heavy atom. The normalized spacial score (nSPS) is 16.5. The predicted octanol–water partition coefficient (Wildman–Crippen LogP) is 4.95. The molecule has 1 saturated heterocycles. The van der Waals surface area contributed by atoms with Crippen LogP contribution in [0.2, 0.25) is 0 Å². The minimum absolute atomic E-state index is 0.0693. The lowest BCUT2D eigenvalue weighted by Crippen LogP contribution is -2.48. The van der Waals surface area contributed by atoms with Crippen molar-refractivity contribution in [2.24, 2.45) is 5.92 Å². The van der Waals surface area contributed by atoms with E-state index in [0.29, 0.717) is 55.9 Å². The van der Waals surface area contributed by atoms with Crippen LogP contribution in [0.25, 0.3) is 0 Å². The number of alkyl halides is 3. The second kappa shape index (κ2) is 12.3. The van der Waals surface area contributed by atoms with E-state index >= 15 is 0 Å². The highest BCUT2D eigenvalue weighted by atomic mass is 19.4. The third kappa shape index (κ3) is 7.86. The van der Waals surface area contributed by atoms with E-state index in [2.05, 4.69) is 5.32 Å². The molecule has 0 spiro atoms. The molecule has 2 heterocycles. The van der Waals surface area contributed by atoms with Gasteiger partial charge in [-0.3, -0.25) is 9.69 Å². The van der Waals surface area contributed by atoms with Crippen molar-refractivity contribution in [2.45, 2.75) is 45.0 Å². The number of piperidine rings is 1. The van der Waals surface area contributed by atoms with Crippen LogP contribution in [0.4, 0.5) is 23.7 Å². The Morgan fingerprint density at radius 3 is 2.56 bits per heavy atom. The highest BCUT2D eigenvalue weighted by Crippen LogP contribution is 2.28. The Labute approximate surface area is 226 Å². The number of carbonyl (C=O) groups excluding carboxylic acids is 2. The Morgan fingerprint density at radius 1 is 1.13 bits per heavy atom. The molecule has 1 N–H and O–H groups in total. The van der Waals surface area contributed by atoms with Crippen molar-refractivity contribution in [1.29, 1.82) is 0 Å². The molecule has 2 aliphatic rings. The third-order valence-corrected chi connectivity index (χ3v) is 7.17. The zero-order chi connectivity index (χ0) is 28.2. The molecule has 8 nitrogen and oxygen atoms in total. The number of fused-ring (bicyclic) bond motifs is 1. The van der Waals surface area contributed by atoms with Gasteiger partial charge in [0.25, 0.3) is 5.91 Å². The lowest BCUT2D eigenvalue weighted by Gasteiger charge is -2.38. The largest absolute Gasteiger partial charge is 0.401 e. The van der Waals surface area contributed by atoms with E-state index < -0.39 is 12.7 Å². The summed E-state index contributed by atoms with van der Waals surface area (Å²) < 4.78 is 40.5. The van der Waals surface area contributed by atoms with Gasteiger partial charge in [0.1, 0.15) is 6.61 Å². The Hall–Kier alpha value is -3.31. The number of rotatable bonds is 8. The summed E-state index contributed by atoms with van der Waals surface area (Å²) in [5.74, 6) is 0.362. The summed E-state index contributed by atoms with van der Waals surface area (Å²) in [5.41, 5.74) is 2.63. The molecule has 39 heavy (non-hydrogen) atoms. The molecule has 4 rings (SSSR count). The monoisotopic (exact) mass is 548 g/mol. The minimum atomic E-state index is -4.32. The van der Waals surface area contributed by atoms with Gasteiger partial charge in [-0.2, -0.15) is 18.1 Å². The van der Waals surface area contributed by atoms with E-state index in [9.17, 15) is 22.8 Å². The molecular weight excluding hydrogens is 513 g/mol. The van der Waals surface area contributed by atoms with E-state index in [1.807, 2.05) is 6.07 Å². The van der Waals surface area contributed by atoms with E-state index in [1.54, 1.807) is 62.3 Å². The number of urea groups is 1. The van der Waals surface area contributed by atoms with Gasteiger partial charge in [-0.05, 0) is 68.0 Å². The second-order valence-corrected chi connectivity index (χ2v) is 10.5. The van der Waals surface area contributed by atoms with Crippen LogP contribution in [0.15, 0.2) is 42.5 Å². The predicted molar refractivity (Wildman–Crippen MR) is 140 cm³/mol. The van der Waals surface area contributed by atoms with Crippen molar-refractivity contribution in [1.82, 2.24) is 14.7 Å². The molecule has 0 bridgehead atoms. The van der Waals surface area contributed by atoms with E-state index in [4.69, 9.17) is 9.78 Å². The fourth-order valence-electron chi connectivity index (χ4n) is 5.07. The maximum absolute atomic E-state index is 13.5. The summed E-state index contributed by atoms with van der Waals surface area (Å²) in [5, 5.41) is 2.87. The Bertz CT molecular complexity index is 1170. The molecule has 1 fully saturated rings. The average molecular weight is 549 g/mol. The van der Waals surface area contributed by atoms with E-state index in [0.717, 1.165) is 11.1 Å². The van der Waals surface area contributed by atoms with Gasteiger partial charge < -0.3 is 20.0 Å². The number of benzene rings is 2. The molecule has 1 unspecified atom stereocenters. The molecule has 2 aliphatic heterocycles. The summed E-state index contributed by atoms with van der Waals surface area (Å²) >= 11 is 0. The smallest absolute Gasteiger partial charge is 0.337 e. The van der Waals surface area contributed by atoms with Crippen LogP contribution in [0.1, 0.15) is 41.3 Å². The average Bonchev–Trinajstić information content (AvgIpc) is 3.36. The minimum Gasteiger partial charge on any atom is -0.337 e. The van der Waals surface area contributed by atoms with Crippen molar-refractivity contribution in [3.8, 4) is 5.75 Å². The topological polar surface area (TPSA) is 74.4 Å². The molecule has 0 saturated carbocycles. The fraction of sp³-hybridized carbons (Fsp3) is 0.500. The first kappa shape index (κ1) is 28.7. The van der Waals surface area contributed by atoms with Crippen LogP contribution in [-0.4, -0.2) is 79.1 Å². The molecular formula is C28H35F3N4O4.